The summed E-state index contributed by atoms with van der Waals surface area (Å²) in [5.74, 6) is 0.252. The zero-order chi connectivity index (χ0) is 13.0. The topological polar surface area (TPSA) is 33.2 Å². The van der Waals surface area contributed by atoms with Gasteiger partial charge in [0.15, 0.2) is 0 Å². The number of benzene rings is 1. The molecule has 0 saturated carbocycles. The predicted molar refractivity (Wildman–Crippen MR) is 76.7 cm³/mol. The first-order chi connectivity index (χ1) is 9.22. The number of amides is 1. The zero-order valence-corrected chi connectivity index (χ0v) is 11.6. The Bertz CT molecular complexity index is 689. The van der Waals surface area contributed by atoms with E-state index in [4.69, 9.17) is 0 Å². The van der Waals surface area contributed by atoms with Gasteiger partial charge in [-0.1, -0.05) is 0 Å². The second-order valence-corrected chi connectivity index (χ2v) is 6.28. The van der Waals surface area contributed by atoms with Crippen LogP contribution in [0.4, 0.5) is 5.69 Å². The molecular weight excluding hydrogens is 256 g/mol. The molecule has 4 heteroatoms. The van der Waals surface area contributed by atoms with Gasteiger partial charge in [0.05, 0.1) is 22.8 Å². The lowest BCUT2D eigenvalue weighted by atomic mass is 9.96. The molecule has 2 aromatic rings. The summed E-state index contributed by atoms with van der Waals surface area (Å²) in [7, 11) is 0. The maximum absolute atomic E-state index is 12.0. The average molecular weight is 270 g/mol. The van der Waals surface area contributed by atoms with E-state index >= 15 is 0 Å². The summed E-state index contributed by atoms with van der Waals surface area (Å²) in [6.45, 7) is 2.91. The minimum Gasteiger partial charge on any atom is -0.312 e. The van der Waals surface area contributed by atoms with Gasteiger partial charge in [-0.2, -0.15) is 0 Å². The van der Waals surface area contributed by atoms with Gasteiger partial charge in [-0.25, -0.2) is 4.98 Å². The molecular formula is C15H14N2OS. The SMILES string of the molecule is Cc1nc(-c2cc3c4c(c2)CC(=O)N4CCC3)cs1. The molecule has 1 aromatic heterocycles. The van der Waals surface area contributed by atoms with E-state index in [2.05, 4.69) is 22.5 Å². The van der Waals surface area contributed by atoms with Crippen molar-refractivity contribution in [1.29, 1.82) is 0 Å². The monoisotopic (exact) mass is 270 g/mol. The Hall–Kier alpha value is -1.68. The predicted octanol–water partition coefficient (Wildman–Crippen LogP) is 2.95. The highest BCUT2D eigenvalue weighted by Gasteiger charge is 2.32. The summed E-state index contributed by atoms with van der Waals surface area (Å²) in [4.78, 5) is 18.5. The number of rotatable bonds is 1. The minimum absolute atomic E-state index is 0.252. The molecule has 0 aliphatic carbocycles. The number of nitrogens with zero attached hydrogens (tertiary/aromatic N) is 2. The lowest BCUT2D eigenvalue weighted by molar-refractivity contribution is -0.117. The first-order valence-corrected chi connectivity index (χ1v) is 7.49. The number of aryl methyl sites for hydroxylation is 2. The summed E-state index contributed by atoms with van der Waals surface area (Å²) < 4.78 is 0. The fraction of sp³-hybridized carbons (Fsp3) is 0.333. The number of aromatic nitrogens is 1. The Balaban J connectivity index is 1.89. The lowest BCUT2D eigenvalue weighted by Crippen LogP contribution is -2.31. The zero-order valence-electron chi connectivity index (χ0n) is 10.8. The molecule has 3 heterocycles. The Labute approximate surface area is 115 Å². The van der Waals surface area contributed by atoms with E-state index in [9.17, 15) is 4.79 Å². The molecule has 96 valence electrons. The van der Waals surface area contributed by atoms with Gasteiger partial charge in [0, 0.05) is 17.5 Å². The molecule has 4 rings (SSSR count). The van der Waals surface area contributed by atoms with Crippen molar-refractivity contribution >= 4 is 22.9 Å². The number of hydrogen-bond acceptors (Lipinski definition) is 3. The van der Waals surface area contributed by atoms with Crippen molar-refractivity contribution in [3.05, 3.63) is 33.6 Å². The van der Waals surface area contributed by atoms with Gasteiger partial charge in [0.1, 0.15) is 0 Å². The molecule has 0 bridgehead atoms. The standard InChI is InChI=1S/C15H14N2OS/c1-9-16-13(8-19-9)11-5-10-3-2-4-17-14(18)7-12(6-11)15(10)17/h5-6,8H,2-4,7H2,1H3. The highest BCUT2D eigenvalue weighted by Crippen LogP contribution is 2.39. The van der Waals surface area contributed by atoms with Gasteiger partial charge in [0.25, 0.3) is 0 Å². The van der Waals surface area contributed by atoms with Crippen molar-refractivity contribution in [3.8, 4) is 11.3 Å². The maximum atomic E-state index is 12.0. The van der Waals surface area contributed by atoms with Gasteiger partial charge in [-0.15, -0.1) is 11.3 Å². The van der Waals surface area contributed by atoms with E-state index in [-0.39, 0.29) is 5.91 Å². The Morgan fingerprint density at radius 2 is 2.16 bits per heavy atom. The molecule has 0 radical (unpaired) electrons. The molecule has 2 aliphatic rings. The average Bonchev–Trinajstić information content (AvgIpc) is 2.96. The molecule has 0 saturated heterocycles. The normalized spacial score (nSPS) is 16.9. The van der Waals surface area contributed by atoms with Crippen molar-refractivity contribution in [2.24, 2.45) is 0 Å². The van der Waals surface area contributed by atoms with E-state index in [1.807, 2.05) is 11.8 Å². The third-order valence-electron chi connectivity index (χ3n) is 3.92. The van der Waals surface area contributed by atoms with Crippen LogP contribution in [0.5, 0.6) is 0 Å². The van der Waals surface area contributed by atoms with Crippen molar-refractivity contribution in [3.63, 3.8) is 0 Å². The van der Waals surface area contributed by atoms with E-state index < -0.39 is 0 Å². The number of hydrogen-bond donors (Lipinski definition) is 0. The van der Waals surface area contributed by atoms with Gasteiger partial charge in [-0.3, -0.25) is 4.79 Å². The Kier molecular flexibility index (Phi) is 2.30. The van der Waals surface area contributed by atoms with Crippen LogP contribution in [-0.4, -0.2) is 17.4 Å². The summed E-state index contributed by atoms with van der Waals surface area (Å²) in [6.07, 6.45) is 2.69. The second kappa shape index (κ2) is 3.90. The minimum atomic E-state index is 0.252. The molecule has 1 amide bonds. The molecule has 0 atom stereocenters. The van der Waals surface area contributed by atoms with Crippen LogP contribution in [0, 0.1) is 6.92 Å². The van der Waals surface area contributed by atoms with Crippen LogP contribution in [0.25, 0.3) is 11.3 Å². The fourth-order valence-electron chi connectivity index (χ4n) is 3.12. The summed E-state index contributed by atoms with van der Waals surface area (Å²) >= 11 is 1.67. The molecule has 3 nitrogen and oxygen atoms in total. The van der Waals surface area contributed by atoms with E-state index in [0.29, 0.717) is 6.42 Å². The molecule has 0 unspecified atom stereocenters. The quantitative estimate of drug-likeness (QED) is 0.798. The molecule has 0 N–H and O–H groups in total. The van der Waals surface area contributed by atoms with Gasteiger partial charge in [0.2, 0.25) is 5.91 Å². The summed E-state index contributed by atoms with van der Waals surface area (Å²) in [5, 5.41) is 3.18. The highest BCUT2D eigenvalue weighted by atomic mass is 32.1. The van der Waals surface area contributed by atoms with Crippen LogP contribution in [0.3, 0.4) is 0 Å². The van der Waals surface area contributed by atoms with Gasteiger partial charge in [-0.05, 0) is 43.0 Å². The number of carbonyl (C=O) groups is 1. The third kappa shape index (κ3) is 1.63. The van der Waals surface area contributed by atoms with Crippen LogP contribution in [-0.2, 0) is 17.6 Å². The third-order valence-corrected chi connectivity index (χ3v) is 4.70. The summed E-state index contributed by atoms with van der Waals surface area (Å²) in [6, 6.07) is 4.37. The van der Waals surface area contributed by atoms with Crippen molar-refractivity contribution in [1.82, 2.24) is 4.98 Å². The molecule has 2 aliphatic heterocycles. The number of anilines is 1. The highest BCUT2D eigenvalue weighted by molar-refractivity contribution is 7.09. The van der Waals surface area contributed by atoms with Crippen LogP contribution >= 0.6 is 11.3 Å². The van der Waals surface area contributed by atoms with E-state index in [1.54, 1.807) is 11.3 Å². The Morgan fingerprint density at radius 3 is 2.95 bits per heavy atom. The largest absolute Gasteiger partial charge is 0.312 e. The molecule has 0 fully saturated rings. The van der Waals surface area contributed by atoms with Crippen molar-refractivity contribution in [2.45, 2.75) is 26.2 Å². The maximum Gasteiger partial charge on any atom is 0.231 e. The van der Waals surface area contributed by atoms with Crippen LogP contribution < -0.4 is 4.90 Å². The molecule has 1 aromatic carbocycles. The van der Waals surface area contributed by atoms with Crippen molar-refractivity contribution < 1.29 is 4.79 Å². The lowest BCUT2D eigenvalue weighted by Gasteiger charge is -2.25. The molecule has 19 heavy (non-hydrogen) atoms. The smallest absolute Gasteiger partial charge is 0.231 e. The van der Waals surface area contributed by atoms with Crippen LogP contribution in [0.1, 0.15) is 22.6 Å². The van der Waals surface area contributed by atoms with Crippen LogP contribution in [0.2, 0.25) is 0 Å². The van der Waals surface area contributed by atoms with E-state index in [0.717, 1.165) is 35.7 Å². The first kappa shape index (κ1) is 11.2. The number of thiazole rings is 1. The second-order valence-electron chi connectivity index (χ2n) is 5.22. The van der Waals surface area contributed by atoms with Gasteiger partial charge < -0.3 is 4.90 Å². The van der Waals surface area contributed by atoms with Crippen molar-refractivity contribution in [2.75, 3.05) is 11.4 Å². The van der Waals surface area contributed by atoms with E-state index in [1.165, 1.54) is 16.8 Å². The van der Waals surface area contributed by atoms with Crippen LogP contribution in [0.15, 0.2) is 17.5 Å². The Morgan fingerprint density at radius 1 is 1.32 bits per heavy atom. The fourth-order valence-corrected chi connectivity index (χ4v) is 3.75. The first-order valence-electron chi connectivity index (χ1n) is 6.61. The molecule has 0 spiro atoms. The van der Waals surface area contributed by atoms with Gasteiger partial charge >= 0.3 is 0 Å². The summed E-state index contributed by atoms with van der Waals surface area (Å²) in [5.41, 5.74) is 5.89. The number of carbonyl (C=O) groups excluding carboxylic acids is 1.